The molecule has 3 N–H and O–H groups in total. The van der Waals surface area contributed by atoms with Crippen LogP contribution >= 0.6 is 11.6 Å². The van der Waals surface area contributed by atoms with Gasteiger partial charge in [0.1, 0.15) is 5.75 Å². The Bertz CT molecular complexity index is 1080. The Kier molecular flexibility index (Phi) is 5.37. The van der Waals surface area contributed by atoms with E-state index in [0.29, 0.717) is 27.1 Å². The molecule has 27 heavy (non-hydrogen) atoms. The fraction of sp³-hybridized carbons (Fsp3) is 0.111. The van der Waals surface area contributed by atoms with Crippen molar-refractivity contribution in [1.29, 1.82) is 0 Å². The Morgan fingerprint density at radius 2 is 1.89 bits per heavy atom. The maximum absolute atomic E-state index is 12.3. The average molecular weight is 387 g/mol. The number of nitrogens with zero attached hydrogens (tertiary/aromatic N) is 1. The molecule has 0 unspecified atom stereocenters. The van der Waals surface area contributed by atoms with Gasteiger partial charge in [-0.15, -0.1) is 0 Å². The molecule has 0 aliphatic rings. The van der Waals surface area contributed by atoms with Gasteiger partial charge in [0.2, 0.25) is 5.91 Å². The second-order valence-corrected chi connectivity index (χ2v) is 6.02. The quantitative estimate of drug-likeness (QED) is 0.589. The molecule has 9 heteroatoms. The molecule has 0 saturated carbocycles. The van der Waals surface area contributed by atoms with Gasteiger partial charge in [-0.25, -0.2) is 5.10 Å². The predicted molar refractivity (Wildman–Crippen MR) is 99.7 cm³/mol. The summed E-state index contributed by atoms with van der Waals surface area (Å²) in [5.41, 5.74) is 4.76. The molecule has 1 heterocycles. The normalized spacial score (nSPS) is 10.4. The van der Waals surface area contributed by atoms with E-state index in [0.717, 1.165) is 0 Å². The third kappa shape index (κ3) is 4.06. The van der Waals surface area contributed by atoms with Gasteiger partial charge in [0.25, 0.3) is 11.5 Å². The number of carbonyl (C=O) groups excluding carboxylic acids is 2. The molecule has 8 nitrogen and oxygen atoms in total. The fourth-order valence-corrected chi connectivity index (χ4v) is 2.77. The number of methoxy groups -OCH3 is 1. The lowest BCUT2D eigenvalue weighted by atomic mass is 10.1. The zero-order valence-electron chi connectivity index (χ0n) is 14.2. The van der Waals surface area contributed by atoms with Crippen LogP contribution in [0.2, 0.25) is 5.02 Å². The molecule has 0 saturated heterocycles. The number of amides is 2. The molecule has 3 rings (SSSR count). The van der Waals surface area contributed by atoms with Crippen LogP contribution in [-0.4, -0.2) is 29.1 Å². The standard InChI is InChI=1S/C18H15ClN4O4/c1-27-14-7-6-11(19)8-10(14)9-15(24)20-23-18(26)16-12-4-2-3-5-13(12)17(25)22-21-16/h2-8H,9H2,1H3,(H,20,24)(H,22,25)(H,23,26). The number of hydrogen-bond donors (Lipinski definition) is 3. The molecule has 2 aromatic carbocycles. The van der Waals surface area contributed by atoms with E-state index in [9.17, 15) is 14.4 Å². The van der Waals surface area contributed by atoms with Gasteiger partial charge >= 0.3 is 0 Å². The maximum Gasteiger partial charge on any atom is 0.290 e. The number of carbonyl (C=O) groups is 2. The molecule has 138 valence electrons. The van der Waals surface area contributed by atoms with Crippen LogP contribution < -0.4 is 21.1 Å². The number of rotatable bonds is 4. The van der Waals surface area contributed by atoms with E-state index < -0.39 is 17.4 Å². The smallest absolute Gasteiger partial charge is 0.290 e. The van der Waals surface area contributed by atoms with Gasteiger partial charge in [-0.3, -0.25) is 25.2 Å². The highest BCUT2D eigenvalue weighted by Crippen LogP contribution is 2.22. The summed E-state index contributed by atoms with van der Waals surface area (Å²) in [6, 6.07) is 11.5. The molecule has 0 fully saturated rings. The van der Waals surface area contributed by atoms with Crippen LogP contribution in [0.5, 0.6) is 5.75 Å². The number of hydrogen-bond acceptors (Lipinski definition) is 5. The number of hydrazine groups is 1. The first-order chi connectivity index (χ1) is 13.0. The first kappa shape index (κ1) is 18.4. The van der Waals surface area contributed by atoms with Crippen molar-refractivity contribution in [1.82, 2.24) is 21.0 Å². The Balaban J connectivity index is 1.71. The SMILES string of the molecule is COc1ccc(Cl)cc1CC(=O)NNC(=O)c1n[nH]c(=O)c2ccccc12. The zero-order chi connectivity index (χ0) is 19.4. The van der Waals surface area contributed by atoms with Crippen molar-refractivity contribution < 1.29 is 14.3 Å². The molecule has 0 aliphatic heterocycles. The topological polar surface area (TPSA) is 113 Å². The molecule has 0 bridgehead atoms. The van der Waals surface area contributed by atoms with Crippen molar-refractivity contribution in [3.8, 4) is 5.75 Å². The Hall–Kier alpha value is -3.39. The zero-order valence-corrected chi connectivity index (χ0v) is 15.0. The summed E-state index contributed by atoms with van der Waals surface area (Å²) >= 11 is 5.94. The van der Waals surface area contributed by atoms with Crippen LogP contribution in [0.15, 0.2) is 47.3 Å². The summed E-state index contributed by atoms with van der Waals surface area (Å²) in [4.78, 5) is 36.3. The van der Waals surface area contributed by atoms with Gasteiger partial charge in [-0.2, -0.15) is 5.10 Å². The lowest BCUT2D eigenvalue weighted by Crippen LogP contribution is -2.43. The van der Waals surface area contributed by atoms with Crippen molar-refractivity contribution >= 4 is 34.2 Å². The second kappa shape index (κ2) is 7.88. The summed E-state index contributed by atoms with van der Waals surface area (Å²) < 4.78 is 5.19. The highest BCUT2D eigenvalue weighted by molar-refractivity contribution is 6.30. The van der Waals surface area contributed by atoms with Crippen molar-refractivity contribution in [3.63, 3.8) is 0 Å². The Morgan fingerprint density at radius 3 is 2.63 bits per heavy atom. The molecule has 1 aromatic heterocycles. The van der Waals surface area contributed by atoms with E-state index in [1.807, 2.05) is 0 Å². The molecule has 0 spiro atoms. The third-order valence-electron chi connectivity index (χ3n) is 3.82. The highest BCUT2D eigenvalue weighted by atomic mass is 35.5. The van der Waals surface area contributed by atoms with E-state index in [1.54, 1.807) is 42.5 Å². The van der Waals surface area contributed by atoms with Crippen LogP contribution in [-0.2, 0) is 11.2 Å². The summed E-state index contributed by atoms with van der Waals surface area (Å²) in [5.74, 6) is -0.624. The molecular weight excluding hydrogens is 372 g/mol. The average Bonchev–Trinajstić information content (AvgIpc) is 2.67. The second-order valence-electron chi connectivity index (χ2n) is 5.58. The van der Waals surface area contributed by atoms with Crippen LogP contribution in [0.3, 0.4) is 0 Å². The maximum atomic E-state index is 12.3. The molecule has 0 aliphatic carbocycles. The van der Waals surface area contributed by atoms with Crippen molar-refractivity contribution in [2.75, 3.05) is 7.11 Å². The number of fused-ring (bicyclic) bond motifs is 1. The van der Waals surface area contributed by atoms with Crippen molar-refractivity contribution in [2.45, 2.75) is 6.42 Å². The van der Waals surface area contributed by atoms with E-state index in [4.69, 9.17) is 16.3 Å². The number of ether oxygens (including phenoxy) is 1. The molecule has 3 aromatic rings. The summed E-state index contributed by atoms with van der Waals surface area (Å²) in [7, 11) is 1.49. The highest BCUT2D eigenvalue weighted by Gasteiger charge is 2.15. The minimum Gasteiger partial charge on any atom is -0.496 e. The number of aromatic nitrogens is 2. The van der Waals surface area contributed by atoms with Crippen molar-refractivity contribution in [3.05, 3.63) is 69.1 Å². The fourth-order valence-electron chi connectivity index (χ4n) is 2.58. The van der Waals surface area contributed by atoms with Gasteiger partial charge in [0.05, 0.1) is 18.9 Å². The summed E-state index contributed by atoms with van der Waals surface area (Å²) in [6.07, 6.45) is -0.0518. The number of halogens is 1. The van der Waals surface area contributed by atoms with Crippen molar-refractivity contribution in [2.24, 2.45) is 0 Å². The number of benzene rings is 2. The van der Waals surface area contributed by atoms with Gasteiger partial charge in [0, 0.05) is 16.0 Å². The third-order valence-corrected chi connectivity index (χ3v) is 4.06. The van der Waals surface area contributed by atoms with Crippen LogP contribution in [0.1, 0.15) is 16.1 Å². The number of aromatic amines is 1. The molecule has 0 radical (unpaired) electrons. The van der Waals surface area contributed by atoms with Crippen LogP contribution in [0.25, 0.3) is 10.8 Å². The summed E-state index contributed by atoms with van der Waals surface area (Å²) in [5, 5.41) is 7.20. The Labute approximate surface area is 158 Å². The lowest BCUT2D eigenvalue weighted by Gasteiger charge is -2.10. The minimum atomic E-state index is -0.658. The van der Waals surface area contributed by atoms with Crippen LogP contribution in [0.4, 0.5) is 0 Å². The van der Waals surface area contributed by atoms with Crippen LogP contribution in [0, 0.1) is 0 Å². The molecule has 2 amide bonds. The van der Waals surface area contributed by atoms with E-state index in [1.165, 1.54) is 7.11 Å². The van der Waals surface area contributed by atoms with Gasteiger partial charge in [0.15, 0.2) is 5.69 Å². The first-order valence-electron chi connectivity index (χ1n) is 7.88. The molecular formula is C18H15ClN4O4. The first-order valence-corrected chi connectivity index (χ1v) is 8.26. The monoisotopic (exact) mass is 386 g/mol. The summed E-state index contributed by atoms with van der Waals surface area (Å²) in [6.45, 7) is 0. The minimum absolute atomic E-state index is 0.00849. The van der Waals surface area contributed by atoms with E-state index >= 15 is 0 Å². The van der Waals surface area contributed by atoms with Gasteiger partial charge in [-0.1, -0.05) is 29.8 Å². The van der Waals surface area contributed by atoms with Gasteiger partial charge in [-0.05, 0) is 24.3 Å². The number of H-pyrrole nitrogens is 1. The van der Waals surface area contributed by atoms with E-state index in [2.05, 4.69) is 21.0 Å². The molecule has 0 atom stereocenters. The number of nitrogens with one attached hydrogen (secondary N) is 3. The van der Waals surface area contributed by atoms with E-state index in [-0.39, 0.29) is 12.1 Å². The predicted octanol–water partition coefficient (Wildman–Crippen LogP) is 1.59. The van der Waals surface area contributed by atoms with Gasteiger partial charge < -0.3 is 4.74 Å². The largest absolute Gasteiger partial charge is 0.496 e. The Morgan fingerprint density at radius 1 is 1.15 bits per heavy atom. The lowest BCUT2D eigenvalue weighted by molar-refractivity contribution is -0.121.